The average Bonchev–Trinajstić information content (AvgIpc) is 3.07. The van der Waals surface area contributed by atoms with Gasteiger partial charge in [-0.1, -0.05) is 37.3 Å². The number of aliphatic carboxylic acids is 1. The number of hydrogen-bond acceptors (Lipinski definition) is 2. The first-order valence-corrected chi connectivity index (χ1v) is 6.54. The van der Waals surface area contributed by atoms with E-state index in [1.54, 1.807) is 0 Å². The lowest BCUT2D eigenvalue weighted by Gasteiger charge is -2.23. The Morgan fingerprint density at radius 3 is 2.50 bits per heavy atom. The highest BCUT2D eigenvalue weighted by molar-refractivity contribution is 5.73. The fourth-order valence-corrected chi connectivity index (χ4v) is 2.27. The highest BCUT2D eigenvalue weighted by Crippen LogP contribution is 2.49. The Kier molecular flexibility index (Phi) is 3.71. The van der Waals surface area contributed by atoms with E-state index in [0.717, 1.165) is 24.8 Å². The standard InChI is InChI=1S/C15H21NO2/c1-11(12-6-4-3-5-7-12)16-13(14(17)18)10-15(2)8-9-15/h3-7,11,13,16H,8-10H2,1-2H3,(H,17,18)/t11-,13-/m1/s1. The van der Waals surface area contributed by atoms with E-state index in [2.05, 4.69) is 12.2 Å². The van der Waals surface area contributed by atoms with E-state index in [1.807, 2.05) is 37.3 Å². The van der Waals surface area contributed by atoms with Gasteiger partial charge in [0, 0.05) is 6.04 Å². The summed E-state index contributed by atoms with van der Waals surface area (Å²) in [4.78, 5) is 11.3. The molecule has 0 amide bonds. The maximum Gasteiger partial charge on any atom is 0.320 e. The van der Waals surface area contributed by atoms with Crippen LogP contribution in [0.5, 0.6) is 0 Å². The summed E-state index contributed by atoms with van der Waals surface area (Å²) in [6, 6.07) is 9.58. The Bertz CT molecular complexity index is 412. The Balaban J connectivity index is 1.98. The number of carboxylic acid groups (broad SMARTS) is 1. The van der Waals surface area contributed by atoms with Crippen LogP contribution in [0.3, 0.4) is 0 Å². The Morgan fingerprint density at radius 2 is 2.00 bits per heavy atom. The summed E-state index contributed by atoms with van der Waals surface area (Å²) in [7, 11) is 0. The summed E-state index contributed by atoms with van der Waals surface area (Å²) in [5.74, 6) is -0.745. The van der Waals surface area contributed by atoms with Crippen molar-refractivity contribution in [1.82, 2.24) is 5.32 Å². The Labute approximate surface area is 108 Å². The molecule has 3 nitrogen and oxygen atoms in total. The lowest BCUT2D eigenvalue weighted by atomic mass is 9.97. The third-order valence-electron chi connectivity index (χ3n) is 3.85. The fourth-order valence-electron chi connectivity index (χ4n) is 2.27. The van der Waals surface area contributed by atoms with Crippen molar-refractivity contribution in [2.75, 3.05) is 0 Å². The third kappa shape index (κ3) is 3.33. The molecular weight excluding hydrogens is 226 g/mol. The van der Waals surface area contributed by atoms with Gasteiger partial charge in [-0.15, -0.1) is 0 Å². The minimum Gasteiger partial charge on any atom is -0.480 e. The van der Waals surface area contributed by atoms with Crippen LogP contribution in [0.1, 0.15) is 44.7 Å². The maximum atomic E-state index is 11.3. The van der Waals surface area contributed by atoms with E-state index in [-0.39, 0.29) is 11.5 Å². The summed E-state index contributed by atoms with van der Waals surface area (Å²) in [5, 5.41) is 12.5. The molecule has 1 aliphatic carbocycles. The second-order valence-corrected chi connectivity index (χ2v) is 5.70. The highest BCUT2D eigenvalue weighted by atomic mass is 16.4. The van der Waals surface area contributed by atoms with Crippen molar-refractivity contribution in [3.05, 3.63) is 35.9 Å². The Morgan fingerprint density at radius 1 is 1.39 bits per heavy atom. The summed E-state index contributed by atoms with van der Waals surface area (Å²) in [6.45, 7) is 4.18. The largest absolute Gasteiger partial charge is 0.480 e. The SMILES string of the molecule is C[C@@H](N[C@H](CC1(C)CC1)C(=O)O)c1ccccc1. The first-order chi connectivity index (χ1) is 8.50. The number of nitrogens with one attached hydrogen (secondary N) is 1. The molecule has 0 radical (unpaired) electrons. The molecule has 0 aromatic heterocycles. The van der Waals surface area contributed by atoms with E-state index in [1.165, 1.54) is 0 Å². The first kappa shape index (κ1) is 13.1. The molecule has 2 rings (SSSR count). The Hall–Kier alpha value is -1.35. The molecule has 1 aliphatic rings. The minimum absolute atomic E-state index is 0.0645. The van der Waals surface area contributed by atoms with Crippen molar-refractivity contribution in [3.63, 3.8) is 0 Å². The molecule has 1 aromatic carbocycles. The van der Waals surface area contributed by atoms with Gasteiger partial charge in [0.25, 0.3) is 0 Å². The maximum absolute atomic E-state index is 11.3. The van der Waals surface area contributed by atoms with Gasteiger partial charge in [0.05, 0.1) is 0 Å². The van der Waals surface area contributed by atoms with Crippen LogP contribution in [-0.2, 0) is 4.79 Å². The van der Waals surface area contributed by atoms with Crippen molar-refractivity contribution in [2.24, 2.45) is 5.41 Å². The van der Waals surface area contributed by atoms with E-state index < -0.39 is 12.0 Å². The molecule has 0 heterocycles. The lowest BCUT2D eigenvalue weighted by molar-refractivity contribution is -0.140. The smallest absolute Gasteiger partial charge is 0.320 e. The van der Waals surface area contributed by atoms with Crippen LogP contribution in [0, 0.1) is 5.41 Å². The van der Waals surface area contributed by atoms with E-state index in [4.69, 9.17) is 0 Å². The van der Waals surface area contributed by atoms with Crippen molar-refractivity contribution in [3.8, 4) is 0 Å². The summed E-state index contributed by atoms with van der Waals surface area (Å²) >= 11 is 0. The molecule has 98 valence electrons. The monoisotopic (exact) mass is 247 g/mol. The van der Waals surface area contributed by atoms with Gasteiger partial charge >= 0.3 is 5.97 Å². The third-order valence-corrected chi connectivity index (χ3v) is 3.85. The first-order valence-electron chi connectivity index (χ1n) is 6.54. The zero-order chi connectivity index (χ0) is 13.2. The van der Waals surface area contributed by atoms with E-state index >= 15 is 0 Å². The average molecular weight is 247 g/mol. The van der Waals surface area contributed by atoms with Gasteiger partial charge in [0.1, 0.15) is 6.04 Å². The lowest BCUT2D eigenvalue weighted by Crippen LogP contribution is -2.39. The van der Waals surface area contributed by atoms with Crippen LogP contribution in [0.2, 0.25) is 0 Å². The second-order valence-electron chi connectivity index (χ2n) is 5.70. The van der Waals surface area contributed by atoms with E-state index in [9.17, 15) is 9.90 Å². The summed E-state index contributed by atoms with van der Waals surface area (Å²) in [5.41, 5.74) is 1.37. The van der Waals surface area contributed by atoms with Crippen LogP contribution in [0.25, 0.3) is 0 Å². The van der Waals surface area contributed by atoms with Gasteiger partial charge < -0.3 is 5.11 Å². The fraction of sp³-hybridized carbons (Fsp3) is 0.533. The molecule has 18 heavy (non-hydrogen) atoms. The minimum atomic E-state index is -0.745. The molecule has 1 saturated carbocycles. The molecule has 0 saturated heterocycles. The number of benzene rings is 1. The molecule has 0 bridgehead atoms. The van der Waals surface area contributed by atoms with Crippen LogP contribution in [0.15, 0.2) is 30.3 Å². The quantitative estimate of drug-likeness (QED) is 0.812. The number of rotatable bonds is 6. The normalized spacial score (nSPS) is 20.1. The zero-order valence-corrected chi connectivity index (χ0v) is 11.0. The van der Waals surface area contributed by atoms with Crippen LogP contribution in [-0.4, -0.2) is 17.1 Å². The molecule has 0 aliphatic heterocycles. The van der Waals surface area contributed by atoms with Crippen LogP contribution >= 0.6 is 0 Å². The zero-order valence-electron chi connectivity index (χ0n) is 11.0. The van der Waals surface area contributed by atoms with Crippen molar-refractivity contribution in [2.45, 2.75) is 45.2 Å². The van der Waals surface area contributed by atoms with Gasteiger partial charge in [-0.3, -0.25) is 10.1 Å². The summed E-state index contributed by atoms with van der Waals surface area (Å²) in [6.07, 6.45) is 3.02. The van der Waals surface area contributed by atoms with Gasteiger partial charge in [-0.05, 0) is 37.2 Å². The van der Waals surface area contributed by atoms with Gasteiger partial charge in [-0.25, -0.2) is 0 Å². The molecule has 1 aromatic rings. The van der Waals surface area contributed by atoms with Gasteiger partial charge in [-0.2, -0.15) is 0 Å². The highest BCUT2D eigenvalue weighted by Gasteiger charge is 2.41. The molecule has 2 atom stereocenters. The molecule has 2 N–H and O–H groups in total. The second kappa shape index (κ2) is 5.11. The number of carboxylic acids is 1. The van der Waals surface area contributed by atoms with Crippen molar-refractivity contribution >= 4 is 5.97 Å². The topological polar surface area (TPSA) is 49.3 Å². The van der Waals surface area contributed by atoms with Crippen LogP contribution < -0.4 is 5.32 Å². The molecule has 1 fully saturated rings. The predicted octanol–water partition coefficient (Wildman–Crippen LogP) is 2.98. The molecule has 3 heteroatoms. The molecular formula is C15H21NO2. The van der Waals surface area contributed by atoms with Crippen molar-refractivity contribution in [1.29, 1.82) is 0 Å². The van der Waals surface area contributed by atoms with E-state index in [0.29, 0.717) is 0 Å². The number of carbonyl (C=O) groups is 1. The molecule has 0 spiro atoms. The van der Waals surface area contributed by atoms with Crippen molar-refractivity contribution < 1.29 is 9.90 Å². The van der Waals surface area contributed by atoms with Crippen LogP contribution in [0.4, 0.5) is 0 Å². The number of hydrogen-bond donors (Lipinski definition) is 2. The predicted molar refractivity (Wildman–Crippen MR) is 71.4 cm³/mol. The van der Waals surface area contributed by atoms with Gasteiger partial charge in [0.15, 0.2) is 0 Å². The molecule has 0 unspecified atom stereocenters. The van der Waals surface area contributed by atoms with Gasteiger partial charge in [0.2, 0.25) is 0 Å². The summed E-state index contributed by atoms with van der Waals surface area (Å²) < 4.78 is 0.